The number of sulfone groups is 1. The Labute approximate surface area is 188 Å². The van der Waals surface area contributed by atoms with Crippen LogP contribution in [0.1, 0.15) is 31.2 Å². The third kappa shape index (κ3) is 4.35. The fraction of sp³-hybridized carbons (Fsp3) is 0.476. The lowest BCUT2D eigenvalue weighted by Crippen LogP contribution is -2.42. The molecule has 3 atom stereocenters. The largest absolute Gasteiger partial charge is 0.417 e. The number of benzene rings is 1. The van der Waals surface area contributed by atoms with Gasteiger partial charge in [-0.25, -0.2) is 8.42 Å². The van der Waals surface area contributed by atoms with Crippen molar-refractivity contribution in [2.45, 2.75) is 53.6 Å². The van der Waals surface area contributed by atoms with E-state index in [4.69, 9.17) is 4.74 Å². The van der Waals surface area contributed by atoms with Gasteiger partial charge in [0.05, 0.1) is 39.5 Å². The average Bonchev–Trinajstić information content (AvgIpc) is 3.18. The number of hydrogen-bond acceptors (Lipinski definition) is 6. The third-order valence-corrected chi connectivity index (χ3v) is 8.50. The molecule has 2 aliphatic carbocycles. The molecule has 2 unspecified atom stereocenters. The smallest absolute Gasteiger partial charge is 0.381 e. The highest BCUT2D eigenvalue weighted by Gasteiger charge is 2.51. The third-order valence-electron chi connectivity index (χ3n) is 6.27. The van der Waals surface area contributed by atoms with Crippen LogP contribution < -0.4 is 5.32 Å². The van der Waals surface area contributed by atoms with Gasteiger partial charge in [0.15, 0.2) is 9.84 Å². The number of amides is 1. The average molecular weight is 482 g/mol. The van der Waals surface area contributed by atoms with Crippen LogP contribution in [0.2, 0.25) is 0 Å². The van der Waals surface area contributed by atoms with Crippen LogP contribution in [0.3, 0.4) is 0 Å². The van der Waals surface area contributed by atoms with Gasteiger partial charge in [0, 0.05) is 18.9 Å². The van der Waals surface area contributed by atoms with Gasteiger partial charge in [-0.3, -0.25) is 9.89 Å². The molecular weight excluding hydrogens is 461 g/mol. The maximum absolute atomic E-state index is 13.9. The minimum absolute atomic E-state index is 0.129. The lowest BCUT2D eigenvalue weighted by Gasteiger charge is -2.19. The Hall–Kier alpha value is -2.91. The van der Waals surface area contributed by atoms with E-state index in [9.17, 15) is 31.6 Å². The molecule has 1 amide bonds. The Balaban J connectivity index is 1.65. The van der Waals surface area contributed by atoms with Crippen molar-refractivity contribution >= 4 is 15.7 Å². The number of aromatic amines is 1. The molecule has 2 saturated carbocycles. The molecule has 0 bridgehead atoms. The first-order valence-electron chi connectivity index (χ1n) is 10.2. The van der Waals surface area contributed by atoms with Gasteiger partial charge in [-0.2, -0.15) is 23.5 Å². The highest BCUT2D eigenvalue weighted by Crippen LogP contribution is 2.42. The second-order valence-electron chi connectivity index (χ2n) is 8.38. The van der Waals surface area contributed by atoms with E-state index in [0.717, 1.165) is 12.1 Å². The summed E-state index contributed by atoms with van der Waals surface area (Å²) in [5.74, 6) is -1.41. The molecule has 33 heavy (non-hydrogen) atoms. The van der Waals surface area contributed by atoms with Crippen molar-refractivity contribution in [1.82, 2.24) is 15.5 Å². The van der Waals surface area contributed by atoms with Crippen molar-refractivity contribution in [3.05, 3.63) is 36.0 Å². The molecule has 0 radical (unpaired) electrons. The number of H-pyrrole nitrogens is 1. The van der Waals surface area contributed by atoms with Crippen LogP contribution in [0, 0.1) is 17.2 Å². The molecule has 12 heteroatoms. The van der Waals surface area contributed by atoms with Gasteiger partial charge in [-0.15, -0.1) is 0 Å². The number of hydrogen-bond donors (Lipinski definition) is 2. The van der Waals surface area contributed by atoms with Crippen LogP contribution in [-0.2, 0) is 25.5 Å². The van der Waals surface area contributed by atoms with Gasteiger partial charge in [0.1, 0.15) is 5.54 Å². The summed E-state index contributed by atoms with van der Waals surface area (Å²) in [5, 5.41) is 16.8. The molecule has 2 N–H and O–H groups in total. The summed E-state index contributed by atoms with van der Waals surface area (Å²) in [7, 11) is -3.14. The Morgan fingerprint density at radius 3 is 2.58 bits per heavy atom. The van der Waals surface area contributed by atoms with E-state index in [1.807, 2.05) is 6.07 Å². The zero-order valence-electron chi connectivity index (χ0n) is 17.5. The topological polar surface area (TPSA) is 125 Å². The first-order chi connectivity index (χ1) is 15.5. The molecule has 8 nitrogen and oxygen atoms in total. The maximum Gasteiger partial charge on any atom is 0.417 e. The highest BCUT2D eigenvalue weighted by molar-refractivity contribution is 7.92. The van der Waals surface area contributed by atoms with E-state index >= 15 is 0 Å². The lowest BCUT2D eigenvalue weighted by atomic mass is 10.0. The van der Waals surface area contributed by atoms with Crippen molar-refractivity contribution in [2.24, 2.45) is 5.92 Å². The lowest BCUT2D eigenvalue weighted by molar-refractivity contribution is -0.139. The standard InChI is InChI=1S/C21H21F3N4O4S/c1-32-17-10-13(9-14(17)19(29)27-20(11-25)5-6-20)33(30,31)18-3-2-12(16-4-7-26-28-16)8-15(18)21(22,23)24/h2-4,7-8,13-14,17H,5-6,9-10H2,1H3,(H,26,28)(H,27,29)/t13?,14-,17?/m1/s1. The molecule has 2 fully saturated rings. The molecule has 2 aliphatic rings. The van der Waals surface area contributed by atoms with Crippen molar-refractivity contribution in [2.75, 3.05) is 7.11 Å². The fourth-order valence-corrected chi connectivity index (χ4v) is 6.23. The molecule has 1 aromatic carbocycles. The summed E-state index contributed by atoms with van der Waals surface area (Å²) in [5.41, 5.74) is -1.77. The number of rotatable bonds is 6. The first kappa shape index (κ1) is 23.3. The number of aromatic nitrogens is 2. The number of nitrogens with one attached hydrogen (secondary N) is 2. The molecule has 1 heterocycles. The summed E-state index contributed by atoms with van der Waals surface area (Å²) in [6, 6.07) is 6.50. The zero-order chi connectivity index (χ0) is 24.0. The molecule has 0 aliphatic heterocycles. The van der Waals surface area contributed by atoms with Gasteiger partial charge in [0.2, 0.25) is 5.91 Å². The van der Waals surface area contributed by atoms with Crippen LogP contribution in [0.15, 0.2) is 35.4 Å². The van der Waals surface area contributed by atoms with E-state index in [1.165, 1.54) is 25.4 Å². The van der Waals surface area contributed by atoms with Gasteiger partial charge in [-0.1, -0.05) is 6.07 Å². The Morgan fingerprint density at radius 1 is 1.30 bits per heavy atom. The molecule has 0 spiro atoms. The van der Waals surface area contributed by atoms with E-state index in [1.54, 1.807) is 0 Å². The van der Waals surface area contributed by atoms with E-state index in [2.05, 4.69) is 15.5 Å². The van der Waals surface area contributed by atoms with Gasteiger partial charge >= 0.3 is 6.18 Å². The predicted octanol–water partition coefficient (Wildman–Crippen LogP) is 2.84. The molecule has 1 aromatic heterocycles. The monoisotopic (exact) mass is 482 g/mol. The van der Waals surface area contributed by atoms with Crippen LogP contribution in [0.4, 0.5) is 13.2 Å². The second-order valence-corrected chi connectivity index (χ2v) is 10.6. The van der Waals surface area contributed by atoms with Crippen LogP contribution in [0.25, 0.3) is 11.3 Å². The highest BCUT2D eigenvalue weighted by atomic mass is 32.2. The number of carbonyl (C=O) groups is 1. The van der Waals surface area contributed by atoms with Gasteiger partial charge in [0.25, 0.3) is 0 Å². The fourth-order valence-electron chi connectivity index (χ4n) is 4.23. The number of halogens is 3. The van der Waals surface area contributed by atoms with Gasteiger partial charge < -0.3 is 10.1 Å². The number of alkyl halides is 3. The van der Waals surface area contributed by atoms with Crippen molar-refractivity contribution in [3.63, 3.8) is 0 Å². The number of ether oxygens (including phenoxy) is 1. The van der Waals surface area contributed by atoms with Crippen LogP contribution in [0.5, 0.6) is 0 Å². The Bertz CT molecular complexity index is 1200. The number of nitriles is 1. The molecular formula is C21H21F3N4O4S. The van der Waals surface area contributed by atoms with Crippen molar-refractivity contribution in [1.29, 1.82) is 5.26 Å². The SMILES string of the molecule is COC1CC(S(=O)(=O)c2ccc(-c3ccn[nH]3)cc2C(F)(F)F)C[C@H]1C(=O)NC1(C#N)CC1. The summed E-state index contributed by atoms with van der Waals surface area (Å²) in [4.78, 5) is 11.9. The van der Waals surface area contributed by atoms with Crippen LogP contribution in [-0.4, -0.2) is 48.5 Å². The number of nitrogens with zero attached hydrogens (tertiary/aromatic N) is 2. The summed E-state index contributed by atoms with van der Waals surface area (Å²) in [6.45, 7) is 0. The molecule has 4 rings (SSSR count). The molecule has 0 saturated heterocycles. The second kappa shape index (κ2) is 8.14. The van der Waals surface area contributed by atoms with Gasteiger partial charge in [-0.05, 0) is 43.9 Å². The maximum atomic E-state index is 13.9. The quantitative estimate of drug-likeness (QED) is 0.652. The predicted molar refractivity (Wildman–Crippen MR) is 109 cm³/mol. The first-order valence-corrected chi connectivity index (χ1v) is 11.8. The number of methoxy groups -OCH3 is 1. The van der Waals surface area contributed by atoms with E-state index < -0.39 is 55.2 Å². The Morgan fingerprint density at radius 2 is 2.03 bits per heavy atom. The summed E-state index contributed by atoms with van der Waals surface area (Å²) < 4.78 is 73.5. The summed E-state index contributed by atoms with van der Waals surface area (Å²) in [6.07, 6.45) is -3.67. The zero-order valence-corrected chi connectivity index (χ0v) is 18.3. The molecule has 2 aromatic rings. The normalized spacial score (nSPS) is 24.3. The van der Waals surface area contributed by atoms with Crippen LogP contribution >= 0.6 is 0 Å². The Kier molecular flexibility index (Phi) is 5.74. The van der Waals surface area contributed by atoms with Crippen molar-refractivity contribution in [3.8, 4) is 17.3 Å². The van der Waals surface area contributed by atoms with E-state index in [0.29, 0.717) is 18.5 Å². The molecule has 176 valence electrons. The minimum atomic E-state index is -4.92. The summed E-state index contributed by atoms with van der Waals surface area (Å²) >= 11 is 0. The van der Waals surface area contributed by atoms with E-state index in [-0.39, 0.29) is 18.4 Å². The number of carbonyl (C=O) groups excluding carboxylic acids is 1. The minimum Gasteiger partial charge on any atom is -0.381 e. The van der Waals surface area contributed by atoms with Crippen molar-refractivity contribution < 1.29 is 31.1 Å².